The minimum atomic E-state index is -3.83. The van der Waals surface area contributed by atoms with Gasteiger partial charge in [0, 0.05) is 6.04 Å². The lowest BCUT2D eigenvalue weighted by Crippen LogP contribution is -2.35. The molecule has 1 unspecified atom stereocenters. The van der Waals surface area contributed by atoms with Gasteiger partial charge in [-0.05, 0) is 55.8 Å². The van der Waals surface area contributed by atoms with Gasteiger partial charge in [0.25, 0.3) is 10.1 Å². The van der Waals surface area contributed by atoms with Crippen molar-refractivity contribution in [3.63, 3.8) is 0 Å². The second kappa shape index (κ2) is 6.55. The van der Waals surface area contributed by atoms with E-state index in [2.05, 4.69) is 20.8 Å². The van der Waals surface area contributed by atoms with Crippen LogP contribution in [-0.4, -0.2) is 24.8 Å². The molecule has 0 bridgehead atoms. The van der Waals surface area contributed by atoms with Gasteiger partial charge in [-0.1, -0.05) is 20.8 Å². The monoisotopic (exact) mass is 291 g/mol. The van der Waals surface area contributed by atoms with E-state index in [1.54, 1.807) is 0 Å². The zero-order valence-electron chi connectivity index (χ0n) is 12.4. The molecule has 1 saturated carbocycles. The number of rotatable bonds is 5. The van der Waals surface area contributed by atoms with E-state index in [1.165, 1.54) is 12.8 Å². The van der Waals surface area contributed by atoms with Gasteiger partial charge in [-0.3, -0.25) is 4.55 Å². The Balaban J connectivity index is 2.31. The molecule has 0 aromatic carbocycles. The number of hydrogen-bond donors (Lipinski definition) is 2. The van der Waals surface area contributed by atoms with Gasteiger partial charge in [-0.15, -0.1) is 0 Å². The summed E-state index contributed by atoms with van der Waals surface area (Å²) in [4.78, 5) is 0. The molecule has 0 amide bonds. The molecule has 1 atom stereocenters. The van der Waals surface area contributed by atoms with Crippen molar-refractivity contribution in [3.05, 3.63) is 0 Å². The lowest BCUT2D eigenvalue weighted by Gasteiger charge is -2.38. The first-order valence-corrected chi connectivity index (χ1v) is 8.91. The third-order valence-corrected chi connectivity index (χ3v) is 5.35. The van der Waals surface area contributed by atoms with E-state index in [9.17, 15) is 8.42 Å². The normalized spacial score (nSPS) is 27.2. The quantitative estimate of drug-likeness (QED) is 0.763. The molecule has 1 aliphatic carbocycles. The van der Waals surface area contributed by atoms with E-state index in [-0.39, 0.29) is 11.8 Å². The molecular formula is C14H29NO3S. The van der Waals surface area contributed by atoms with Crippen LogP contribution >= 0.6 is 0 Å². The van der Waals surface area contributed by atoms with Crippen LogP contribution in [0.2, 0.25) is 0 Å². The molecule has 1 fully saturated rings. The van der Waals surface area contributed by atoms with Gasteiger partial charge >= 0.3 is 0 Å². The third kappa shape index (κ3) is 6.23. The van der Waals surface area contributed by atoms with Crippen LogP contribution in [0.5, 0.6) is 0 Å². The standard InChI is InChI=1S/C14H29NO3S/c1-14(2,3)12-8-6-11(7-9-12)13(15)5-4-10-19(16,17)18/h11-13H,4-10,15H2,1-3H3,(H,16,17,18). The maximum Gasteiger partial charge on any atom is 0.264 e. The fraction of sp³-hybridized carbons (Fsp3) is 1.00. The second-order valence-corrected chi connectivity index (χ2v) is 8.64. The Morgan fingerprint density at radius 3 is 2.16 bits per heavy atom. The Kier molecular flexibility index (Phi) is 5.83. The van der Waals surface area contributed by atoms with E-state index < -0.39 is 10.1 Å². The molecule has 19 heavy (non-hydrogen) atoms. The molecule has 0 spiro atoms. The van der Waals surface area contributed by atoms with Crippen LogP contribution in [0.4, 0.5) is 0 Å². The fourth-order valence-electron chi connectivity index (χ4n) is 3.15. The SMILES string of the molecule is CC(C)(C)C1CCC(C(N)CCCS(=O)(=O)O)CC1. The highest BCUT2D eigenvalue weighted by Gasteiger charge is 2.31. The van der Waals surface area contributed by atoms with E-state index in [1.807, 2.05) is 0 Å². The summed E-state index contributed by atoms with van der Waals surface area (Å²) in [5, 5.41) is 0. The van der Waals surface area contributed by atoms with Gasteiger partial charge in [0.05, 0.1) is 5.75 Å². The molecule has 0 saturated heterocycles. The molecule has 0 radical (unpaired) electrons. The first-order chi connectivity index (χ1) is 8.59. The highest BCUT2D eigenvalue weighted by atomic mass is 32.2. The van der Waals surface area contributed by atoms with E-state index in [0.29, 0.717) is 24.2 Å². The Hall–Kier alpha value is -0.130. The zero-order valence-corrected chi connectivity index (χ0v) is 13.2. The molecule has 0 aromatic rings. The third-order valence-electron chi connectivity index (χ3n) is 4.54. The minimum Gasteiger partial charge on any atom is -0.327 e. The summed E-state index contributed by atoms with van der Waals surface area (Å²) in [5.74, 6) is 1.12. The van der Waals surface area contributed by atoms with Crippen molar-refractivity contribution < 1.29 is 13.0 Å². The summed E-state index contributed by atoms with van der Waals surface area (Å²) in [5.41, 5.74) is 6.53. The van der Waals surface area contributed by atoms with Crippen LogP contribution in [0.3, 0.4) is 0 Å². The topological polar surface area (TPSA) is 80.4 Å². The Morgan fingerprint density at radius 1 is 1.21 bits per heavy atom. The van der Waals surface area contributed by atoms with Gasteiger partial charge in [-0.25, -0.2) is 0 Å². The average molecular weight is 291 g/mol. The minimum absolute atomic E-state index is 0.0719. The molecule has 0 aromatic heterocycles. The molecule has 114 valence electrons. The predicted molar refractivity (Wildman–Crippen MR) is 78.5 cm³/mol. The average Bonchev–Trinajstić information content (AvgIpc) is 2.26. The molecule has 5 heteroatoms. The Morgan fingerprint density at radius 2 is 1.74 bits per heavy atom. The fourth-order valence-corrected chi connectivity index (χ4v) is 3.68. The van der Waals surface area contributed by atoms with E-state index in [0.717, 1.165) is 18.8 Å². The van der Waals surface area contributed by atoms with Crippen LogP contribution < -0.4 is 5.73 Å². The number of hydrogen-bond acceptors (Lipinski definition) is 3. The summed E-state index contributed by atoms with van der Waals surface area (Å²) in [6, 6.07) is 0.0719. The van der Waals surface area contributed by atoms with Gasteiger partial charge in [-0.2, -0.15) is 8.42 Å². The van der Waals surface area contributed by atoms with Gasteiger partial charge in [0.15, 0.2) is 0 Å². The number of nitrogens with two attached hydrogens (primary N) is 1. The molecule has 1 rings (SSSR count). The Labute approximate surface area is 117 Å². The summed E-state index contributed by atoms with van der Waals surface area (Å²) < 4.78 is 30.0. The first kappa shape index (κ1) is 16.9. The van der Waals surface area contributed by atoms with Crippen molar-refractivity contribution in [2.75, 3.05) is 5.75 Å². The Bertz CT molecular complexity index is 365. The largest absolute Gasteiger partial charge is 0.327 e. The summed E-state index contributed by atoms with van der Waals surface area (Å²) in [7, 11) is -3.83. The van der Waals surface area contributed by atoms with Crippen LogP contribution in [0.1, 0.15) is 59.3 Å². The van der Waals surface area contributed by atoms with Crippen LogP contribution in [0.25, 0.3) is 0 Å². The highest BCUT2D eigenvalue weighted by molar-refractivity contribution is 7.85. The maximum absolute atomic E-state index is 10.7. The van der Waals surface area contributed by atoms with Crippen molar-refractivity contribution in [1.29, 1.82) is 0 Å². The molecule has 4 nitrogen and oxygen atoms in total. The summed E-state index contributed by atoms with van der Waals surface area (Å²) in [6.45, 7) is 6.89. The molecular weight excluding hydrogens is 262 g/mol. The van der Waals surface area contributed by atoms with Crippen LogP contribution in [0.15, 0.2) is 0 Å². The van der Waals surface area contributed by atoms with Gasteiger partial charge < -0.3 is 5.73 Å². The van der Waals surface area contributed by atoms with Crippen molar-refractivity contribution in [2.24, 2.45) is 23.0 Å². The first-order valence-electron chi connectivity index (χ1n) is 7.30. The smallest absolute Gasteiger partial charge is 0.264 e. The van der Waals surface area contributed by atoms with Crippen molar-refractivity contribution in [2.45, 2.75) is 65.3 Å². The van der Waals surface area contributed by atoms with Crippen molar-refractivity contribution in [1.82, 2.24) is 0 Å². The van der Waals surface area contributed by atoms with Crippen LogP contribution in [0, 0.1) is 17.3 Å². The van der Waals surface area contributed by atoms with E-state index >= 15 is 0 Å². The summed E-state index contributed by atoms with van der Waals surface area (Å²) >= 11 is 0. The second-order valence-electron chi connectivity index (χ2n) is 7.07. The van der Waals surface area contributed by atoms with Gasteiger partial charge in [0.1, 0.15) is 0 Å². The lowest BCUT2D eigenvalue weighted by molar-refractivity contribution is 0.138. The maximum atomic E-state index is 10.7. The predicted octanol–water partition coefficient (Wildman–Crippen LogP) is 2.83. The molecule has 0 heterocycles. The highest BCUT2D eigenvalue weighted by Crippen LogP contribution is 2.40. The lowest BCUT2D eigenvalue weighted by atomic mass is 9.68. The van der Waals surface area contributed by atoms with Crippen LogP contribution in [-0.2, 0) is 10.1 Å². The zero-order chi connectivity index (χ0) is 14.7. The molecule has 1 aliphatic rings. The van der Waals surface area contributed by atoms with Crippen molar-refractivity contribution >= 4 is 10.1 Å². The van der Waals surface area contributed by atoms with E-state index in [4.69, 9.17) is 10.3 Å². The van der Waals surface area contributed by atoms with Gasteiger partial charge in [0.2, 0.25) is 0 Å². The summed E-state index contributed by atoms with van der Waals surface area (Å²) in [6.07, 6.45) is 5.88. The molecule has 0 aliphatic heterocycles. The molecule has 3 N–H and O–H groups in total. The van der Waals surface area contributed by atoms with Crippen molar-refractivity contribution in [3.8, 4) is 0 Å².